The largest absolute Gasteiger partial charge is 0.463 e. The number of ether oxygens (including phenoxy) is 1. The SMILES string of the molecule is C=CC[C@@H](CC(=O)N1Cc2ccccc2C[C@H]1CO)C(=O)NC(C)(C)COC(=O)[C@@H](CC=C)Cc1ccccc1. The summed E-state index contributed by atoms with van der Waals surface area (Å²) in [6, 6.07) is 17.3. The van der Waals surface area contributed by atoms with E-state index in [4.69, 9.17) is 4.74 Å². The van der Waals surface area contributed by atoms with Gasteiger partial charge in [-0.15, -0.1) is 13.2 Å². The van der Waals surface area contributed by atoms with Gasteiger partial charge in [0.25, 0.3) is 0 Å². The third-order valence-corrected chi connectivity index (χ3v) is 7.28. The Morgan fingerprint density at radius 2 is 1.65 bits per heavy atom. The molecule has 7 heteroatoms. The molecule has 0 saturated heterocycles. The van der Waals surface area contributed by atoms with Crippen molar-refractivity contribution in [3.8, 4) is 0 Å². The van der Waals surface area contributed by atoms with Crippen LogP contribution < -0.4 is 5.32 Å². The number of allylic oxidation sites excluding steroid dienone is 2. The summed E-state index contributed by atoms with van der Waals surface area (Å²) in [4.78, 5) is 41.2. The smallest absolute Gasteiger partial charge is 0.309 e. The van der Waals surface area contributed by atoms with Crippen molar-refractivity contribution in [2.75, 3.05) is 13.2 Å². The predicted molar refractivity (Wildman–Crippen MR) is 156 cm³/mol. The van der Waals surface area contributed by atoms with E-state index in [0.29, 0.717) is 32.2 Å². The molecule has 40 heavy (non-hydrogen) atoms. The molecule has 1 heterocycles. The minimum Gasteiger partial charge on any atom is -0.463 e. The van der Waals surface area contributed by atoms with Gasteiger partial charge in [0.1, 0.15) is 6.61 Å². The van der Waals surface area contributed by atoms with Crippen molar-refractivity contribution < 1.29 is 24.2 Å². The quantitative estimate of drug-likeness (QED) is 0.271. The van der Waals surface area contributed by atoms with E-state index in [0.717, 1.165) is 16.7 Å². The Morgan fingerprint density at radius 3 is 2.30 bits per heavy atom. The lowest BCUT2D eigenvalue weighted by molar-refractivity contribution is -0.151. The third kappa shape index (κ3) is 8.65. The molecular formula is C33H42N2O5. The van der Waals surface area contributed by atoms with Crippen LogP contribution in [0.2, 0.25) is 0 Å². The highest BCUT2D eigenvalue weighted by atomic mass is 16.5. The van der Waals surface area contributed by atoms with Crippen LogP contribution in [0.4, 0.5) is 0 Å². The molecule has 0 spiro atoms. The summed E-state index contributed by atoms with van der Waals surface area (Å²) in [7, 11) is 0. The maximum absolute atomic E-state index is 13.4. The molecule has 2 amide bonds. The fraction of sp³-hybridized carbons (Fsp3) is 0.424. The Bertz CT molecular complexity index is 1180. The molecule has 7 nitrogen and oxygen atoms in total. The van der Waals surface area contributed by atoms with E-state index in [-0.39, 0.29) is 49.4 Å². The Balaban J connectivity index is 1.59. The van der Waals surface area contributed by atoms with Crippen molar-refractivity contribution in [3.05, 3.63) is 96.6 Å². The molecule has 0 saturated carbocycles. The number of nitrogens with zero attached hydrogens (tertiary/aromatic N) is 1. The van der Waals surface area contributed by atoms with E-state index in [2.05, 4.69) is 18.5 Å². The van der Waals surface area contributed by atoms with Gasteiger partial charge >= 0.3 is 5.97 Å². The van der Waals surface area contributed by atoms with E-state index in [9.17, 15) is 19.5 Å². The number of aliphatic hydroxyl groups is 1. The summed E-state index contributed by atoms with van der Waals surface area (Å²) in [5, 5.41) is 12.9. The lowest BCUT2D eigenvalue weighted by atomic mass is 9.92. The lowest BCUT2D eigenvalue weighted by Gasteiger charge is -2.37. The van der Waals surface area contributed by atoms with Gasteiger partial charge in [-0.25, -0.2) is 0 Å². The molecule has 0 unspecified atom stereocenters. The first kappa shape index (κ1) is 30.8. The van der Waals surface area contributed by atoms with Crippen LogP contribution in [0.15, 0.2) is 79.9 Å². The van der Waals surface area contributed by atoms with Gasteiger partial charge in [-0.05, 0) is 56.2 Å². The summed E-state index contributed by atoms with van der Waals surface area (Å²) in [5.74, 6) is -1.84. The van der Waals surface area contributed by atoms with Crippen LogP contribution in [-0.2, 0) is 38.5 Å². The standard InChI is InChI=1S/C33H42N2O5/c1-5-12-26(20-30(37)35-21-28-17-11-10-16-25(28)19-29(35)22-36)31(38)34-33(3,4)23-40-32(39)27(13-6-2)18-24-14-8-7-9-15-24/h5-11,14-17,26-27,29,36H,1-2,12-13,18-23H2,3-4H3,(H,34,38)/t26-,27-,29-/m0/s1. The van der Waals surface area contributed by atoms with E-state index in [1.807, 2.05) is 54.6 Å². The van der Waals surface area contributed by atoms with Crippen LogP contribution in [0.25, 0.3) is 0 Å². The number of carbonyl (C=O) groups is 3. The molecule has 3 atom stereocenters. The molecule has 1 aliphatic rings. The molecule has 0 fully saturated rings. The van der Waals surface area contributed by atoms with Gasteiger partial charge in [-0.1, -0.05) is 66.7 Å². The van der Waals surface area contributed by atoms with Gasteiger partial charge in [0.05, 0.1) is 30.0 Å². The van der Waals surface area contributed by atoms with Crippen molar-refractivity contribution in [1.82, 2.24) is 10.2 Å². The zero-order valence-electron chi connectivity index (χ0n) is 23.7. The first-order chi connectivity index (χ1) is 19.2. The van der Waals surface area contributed by atoms with Crippen LogP contribution in [0.5, 0.6) is 0 Å². The van der Waals surface area contributed by atoms with Crippen molar-refractivity contribution in [1.29, 1.82) is 0 Å². The summed E-state index contributed by atoms with van der Waals surface area (Å²) in [6.45, 7) is 11.4. The van der Waals surface area contributed by atoms with Gasteiger partial charge in [0.2, 0.25) is 11.8 Å². The number of aliphatic hydroxyl groups excluding tert-OH is 1. The zero-order chi connectivity index (χ0) is 29.1. The minimum absolute atomic E-state index is 0.00906. The van der Waals surface area contributed by atoms with E-state index in [1.165, 1.54) is 0 Å². The number of fused-ring (bicyclic) bond motifs is 1. The van der Waals surface area contributed by atoms with Crippen LogP contribution >= 0.6 is 0 Å². The van der Waals surface area contributed by atoms with Gasteiger partial charge in [0.15, 0.2) is 0 Å². The number of hydrogen-bond donors (Lipinski definition) is 2. The number of rotatable bonds is 14. The minimum atomic E-state index is -0.849. The van der Waals surface area contributed by atoms with E-state index in [1.54, 1.807) is 30.9 Å². The van der Waals surface area contributed by atoms with E-state index >= 15 is 0 Å². The second-order valence-electron chi connectivity index (χ2n) is 11.1. The van der Waals surface area contributed by atoms with Crippen molar-refractivity contribution >= 4 is 17.8 Å². The van der Waals surface area contributed by atoms with E-state index < -0.39 is 11.5 Å². The van der Waals surface area contributed by atoms with Crippen molar-refractivity contribution in [2.24, 2.45) is 11.8 Å². The first-order valence-corrected chi connectivity index (χ1v) is 13.9. The maximum atomic E-state index is 13.4. The highest BCUT2D eigenvalue weighted by Crippen LogP contribution is 2.25. The molecule has 2 aromatic rings. The van der Waals surface area contributed by atoms with Crippen LogP contribution in [0.3, 0.4) is 0 Å². The Hall–Kier alpha value is -3.71. The fourth-order valence-electron chi connectivity index (χ4n) is 5.06. The van der Waals surface area contributed by atoms with Crippen molar-refractivity contribution in [2.45, 2.75) is 64.1 Å². The topological polar surface area (TPSA) is 95.9 Å². The number of amides is 2. The van der Waals surface area contributed by atoms with Gasteiger partial charge in [-0.2, -0.15) is 0 Å². The van der Waals surface area contributed by atoms with Crippen molar-refractivity contribution in [3.63, 3.8) is 0 Å². The summed E-state index contributed by atoms with van der Waals surface area (Å²) in [6.07, 6.45) is 5.25. The van der Waals surface area contributed by atoms with Gasteiger partial charge < -0.3 is 20.1 Å². The number of carbonyl (C=O) groups excluding carboxylic acids is 3. The Labute approximate surface area is 237 Å². The molecule has 214 valence electrons. The lowest BCUT2D eigenvalue weighted by Crippen LogP contribution is -2.51. The predicted octanol–water partition coefficient (Wildman–Crippen LogP) is 4.39. The molecule has 1 aliphatic heterocycles. The molecule has 0 bridgehead atoms. The zero-order valence-corrected chi connectivity index (χ0v) is 23.7. The molecule has 3 rings (SSSR count). The van der Waals surface area contributed by atoms with Crippen LogP contribution in [0.1, 0.15) is 49.8 Å². The maximum Gasteiger partial charge on any atom is 0.309 e. The highest BCUT2D eigenvalue weighted by Gasteiger charge is 2.33. The van der Waals surface area contributed by atoms with Gasteiger partial charge in [-0.3, -0.25) is 14.4 Å². The first-order valence-electron chi connectivity index (χ1n) is 13.9. The molecule has 0 aromatic heterocycles. The second-order valence-corrected chi connectivity index (χ2v) is 11.1. The normalized spacial score (nSPS) is 16.3. The average Bonchev–Trinajstić information content (AvgIpc) is 2.95. The number of nitrogens with one attached hydrogen (secondary N) is 1. The number of esters is 1. The Kier molecular flexibility index (Phi) is 11.3. The average molecular weight is 547 g/mol. The Morgan fingerprint density at radius 1 is 1.02 bits per heavy atom. The van der Waals surface area contributed by atoms with Crippen LogP contribution in [-0.4, -0.2) is 52.6 Å². The molecule has 0 radical (unpaired) electrons. The molecule has 2 aromatic carbocycles. The fourth-order valence-corrected chi connectivity index (χ4v) is 5.06. The molecule has 0 aliphatic carbocycles. The monoisotopic (exact) mass is 546 g/mol. The summed E-state index contributed by atoms with van der Waals surface area (Å²) >= 11 is 0. The van der Waals surface area contributed by atoms with Gasteiger partial charge in [0, 0.05) is 13.0 Å². The molecule has 2 N–H and O–H groups in total. The second kappa shape index (κ2) is 14.6. The summed E-state index contributed by atoms with van der Waals surface area (Å²) < 4.78 is 5.65. The molecular weight excluding hydrogens is 504 g/mol. The van der Waals surface area contributed by atoms with Crippen LogP contribution in [0, 0.1) is 11.8 Å². The third-order valence-electron chi connectivity index (χ3n) is 7.28. The summed E-state index contributed by atoms with van der Waals surface area (Å²) in [5.41, 5.74) is 2.37. The highest BCUT2D eigenvalue weighted by molar-refractivity contribution is 5.86. The number of benzene rings is 2. The number of hydrogen-bond acceptors (Lipinski definition) is 5.